The van der Waals surface area contributed by atoms with E-state index in [-0.39, 0.29) is 53.0 Å². The van der Waals surface area contributed by atoms with Gasteiger partial charge in [-0.25, -0.2) is 0 Å². The molecule has 0 atom stereocenters. The van der Waals surface area contributed by atoms with Gasteiger partial charge < -0.3 is 19.9 Å². The second-order valence-corrected chi connectivity index (χ2v) is 11.3. The Bertz CT molecular complexity index is 2030. The summed E-state index contributed by atoms with van der Waals surface area (Å²) in [5.74, 6) is -0.939. The maximum Gasteiger partial charge on any atom is 0.416 e. The number of alkyl halides is 3. The average molecular weight is 660 g/mol. The molecule has 48 heavy (non-hydrogen) atoms. The highest BCUT2D eigenvalue weighted by atomic mass is 19.4. The molecular weight excluding hydrogens is 627 g/mol. The summed E-state index contributed by atoms with van der Waals surface area (Å²) in [4.78, 5) is 45.4. The zero-order valence-corrected chi connectivity index (χ0v) is 26.4. The van der Waals surface area contributed by atoms with Gasteiger partial charge in [0.15, 0.2) is 5.82 Å². The molecule has 0 saturated heterocycles. The lowest BCUT2D eigenvalue weighted by Gasteiger charge is -2.19. The molecule has 0 fully saturated rings. The van der Waals surface area contributed by atoms with E-state index in [0.717, 1.165) is 34.4 Å². The minimum atomic E-state index is -4.53. The molecule has 0 saturated carbocycles. The topological polar surface area (TPSA) is 143 Å². The van der Waals surface area contributed by atoms with Crippen LogP contribution in [0.4, 0.5) is 24.5 Å². The number of nitrogens with zero attached hydrogens (tertiary/aromatic N) is 5. The largest absolute Gasteiger partial charge is 0.416 e. The van der Waals surface area contributed by atoms with Crippen LogP contribution in [0.3, 0.4) is 0 Å². The van der Waals surface area contributed by atoms with E-state index in [1.807, 2.05) is 26.0 Å². The third kappa shape index (κ3) is 7.21. The number of benzene rings is 2. The number of anilines is 2. The molecule has 248 valence electrons. The molecule has 0 aliphatic carbocycles. The smallest absolute Gasteiger partial charge is 0.377 e. The second-order valence-electron chi connectivity index (χ2n) is 11.3. The van der Waals surface area contributed by atoms with Crippen molar-refractivity contribution in [3.05, 3.63) is 93.7 Å². The molecule has 4 aromatic rings. The summed E-state index contributed by atoms with van der Waals surface area (Å²) in [6, 6.07) is 12.6. The monoisotopic (exact) mass is 659 g/mol. The number of nitriles is 1. The van der Waals surface area contributed by atoms with Crippen molar-refractivity contribution in [2.45, 2.75) is 46.3 Å². The Labute approximate surface area is 273 Å². The van der Waals surface area contributed by atoms with Crippen molar-refractivity contribution in [3.8, 4) is 17.2 Å². The van der Waals surface area contributed by atoms with Gasteiger partial charge in [-0.05, 0) is 54.7 Å². The number of fused-ring (bicyclic) bond motifs is 1. The first-order valence-electron chi connectivity index (χ1n) is 15.2. The molecule has 14 heteroatoms. The SMILES string of the molecule is CCc1c(-c2ccccc2NC(=O)/C(C#N)=C/C(C)C)c(=O)n2nc(C3=CCOCC3)nc2n1CC(=O)Nc1ccc(C(F)(F)F)cc1. The molecule has 2 N–H and O–H groups in total. The fraction of sp³-hybridized carbons (Fsp3) is 0.294. The van der Waals surface area contributed by atoms with Gasteiger partial charge in [0.25, 0.3) is 11.5 Å². The molecule has 0 bridgehead atoms. The first kappa shape index (κ1) is 33.8. The van der Waals surface area contributed by atoms with Crippen LogP contribution in [-0.4, -0.2) is 44.2 Å². The molecule has 2 amide bonds. The van der Waals surface area contributed by atoms with Crippen LogP contribution in [-0.2, 0) is 33.5 Å². The summed E-state index contributed by atoms with van der Waals surface area (Å²) in [5.41, 5.74) is 0.546. The molecule has 11 nitrogen and oxygen atoms in total. The fourth-order valence-electron chi connectivity index (χ4n) is 5.35. The van der Waals surface area contributed by atoms with Crippen molar-refractivity contribution in [2.24, 2.45) is 5.92 Å². The van der Waals surface area contributed by atoms with Crippen LogP contribution in [0.15, 0.2) is 71.1 Å². The van der Waals surface area contributed by atoms with Gasteiger partial charge in [0.2, 0.25) is 11.7 Å². The predicted octanol–water partition coefficient (Wildman–Crippen LogP) is 5.63. The van der Waals surface area contributed by atoms with E-state index in [9.17, 15) is 32.8 Å². The highest BCUT2D eigenvalue weighted by molar-refractivity contribution is 6.08. The Kier molecular flexibility index (Phi) is 9.90. The van der Waals surface area contributed by atoms with E-state index in [1.165, 1.54) is 10.6 Å². The molecule has 1 aliphatic rings. The Morgan fingerprint density at radius 1 is 1.12 bits per heavy atom. The maximum atomic E-state index is 14.3. The average Bonchev–Trinajstić information content (AvgIpc) is 3.51. The van der Waals surface area contributed by atoms with Crippen LogP contribution in [0.5, 0.6) is 0 Å². The number of amides is 2. The Hall–Kier alpha value is -5.55. The van der Waals surface area contributed by atoms with Crippen molar-refractivity contribution in [2.75, 3.05) is 23.8 Å². The number of para-hydroxylation sites is 1. The van der Waals surface area contributed by atoms with Gasteiger partial charge in [0.1, 0.15) is 18.2 Å². The number of rotatable bonds is 9. The van der Waals surface area contributed by atoms with Crippen LogP contribution in [0, 0.1) is 17.2 Å². The van der Waals surface area contributed by atoms with Crippen molar-refractivity contribution in [3.63, 3.8) is 0 Å². The van der Waals surface area contributed by atoms with E-state index in [4.69, 9.17) is 4.74 Å². The zero-order chi connectivity index (χ0) is 34.6. The van der Waals surface area contributed by atoms with E-state index in [2.05, 4.69) is 20.7 Å². The first-order valence-corrected chi connectivity index (χ1v) is 15.2. The van der Waals surface area contributed by atoms with Gasteiger partial charge in [-0.3, -0.25) is 14.4 Å². The number of allylic oxidation sites excluding steroid dienone is 1. The maximum absolute atomic E-state index is 14.3. The predicted molar refractivity (Wildman–Crippen MR) is 173 cm³/mol. The van der Waals surface area contributed by atoms with E-state index < -0.39 is 29.1 Å². The van der Waals surface area contributed by atoms with Gasteiger partial charge >= 0.3 is 6.18 Å². The lowest BCUT2D eigenvalue weighted by molar-refractivity contribution is -0.137. The molecule has 0 radical (unpaired) electrons. The van der Waals surface area contributed by atoms with Crippen LogP contribution in [0.25, 0.3) is 22.5 Å². The molecular formula is C34H32F3N7O4. The fourth-order valence-corrected chi connectivity index (χ4v) is 5.35. The first-order chi connectivity index (χ1) is 22.9. The second kappa shape index (κ2) is 14.1. The lowest BCUT2D eigenvalue weighted by atomic mass is 10.0. The molecule has 0 unspecified atom stereocenters. The van der Waals surface area contributed by atoms with Gasteiger partial charge in [-0.2, -0.15) is 27.9 Å². The van der Waals surface area contributed by atoms with Crippen molar-refractivity contribution < 1.29 is 27.5 Å². The van der Waals surface area contributed by atoms with Crippen LogP contribution < -0.4 is 16.2 Å². The number of carbonyl (C=O) groups excluding carboxylic acids is 2. The Balaban J connectivity index is 1.64. The number of carbonyl (C=O) groups is 2. The molecule has 0 spiro atoms. The number of hydrogen-bond donors (Lipinski definition) is 2. The van der Waals surface area contributed by atoms with Gasteiger partial charge in [-0.1, -0.05) is 51.1 Å². The van der Waals surface area contributed by atoms with Crippen LogP contribution in [0.2, 0.25) is 0 Å². The molecule has 2 aromatic heterocycles. The summed E-state index contributed by atoms with van der Waals surface area (Å²) in [6.07, 6.45) is -0.433. The number of nitrogens with one attached hydrogen (secondary N) is 2. The quantitative estimate of drug-likeness (QED) is 0.175. The van der Waals surface area contributed by atoms with Gasteiger partial charge in [0.05, 0.1) is 24.3 Å². The number of halogens is 3. The lowest BCUT2D eigenvalue weighted by Crippen LogP contribution is -2.29. The van der Waals surface area contributed by atoms with E-state index in [0.29, 0.717) is 30.9 Å². The van der Waals surface area contributed by atoms with Crippen LogP contribution >= 0.6 is 0 Å². The number of aromatic nitrogens is 4. The normalized spacial score (nSPS) is 13.7. The summed E-state index contributed by atoms with van der Waals surface area (Å²) in [7, 11) is 0. The van der Waals surface area contributed by atoms with Gasteiger partial charge in [-0.15, -0.1) is 5.10 Å². The molecule has 1 aliphatic heterocycles. The van der Waals surface area contributed by atoms with E-state index in [1.54, 1.807) is 31.2 Å². The summed E-state index contributed by atoms with van der Waals surface area (Å²) in [5, 5.41) is 19.5. The highest BCUT2D eigenvalue weighted by Gasteiger charge is 2.30. The van der Waals surface area contributed by atoms with Gasteiger partial charge in [0, 0.05) is 22.6 Å². The minimum absolute atomic E-state index is 0.0666. The number of hydrogen-bond acceptors (Lipinski definition) is 7. The zero-order valence-electron chi connectivity index (χ0n) is 26.4. The third-order valence-electron chi connectivity index (χ3n) is 7.54. The summed E-state index contributed by atoms with van der Waals surface area (Å²) >= 11 is 0. The Morgan fingerprint density at radius 2 is 1.85 bits per heavy atom. The van der Waals surface area contributed by atoms with Crippen molar-refractivity contribution in [1.82, 2.24) is 19.2 Å². The van der Waals surface area contributed by atoms with Crippen molar-refractivity contribution >= 4 is 34.5 Å². The molecule has 3 heterocycles. The highest BCUT2D eigenvalue weighted by Crippen LogP contribution is 2.32. The van der Waals surface area contributed by atoms with Crippen LogP contribution in [0.1, 0.15) is 44.3 Å². The molecule has 5 rings (SSSR count). The Morgan fingerprint density at radius 3 is 2.48 bits per heavy atom. The number of ether oxygens (including phenoxy) is 1. The molecule has 2 aromatic carbocycles. The van der Waals surface area contributed by atoms with E-state index >= 15 is 0 Å². The summed E-state index contributed by atoms with van der Waals surface area (Å²) < 4.78 is 47.3. The minimum Gasteiger partial charge on any atom is -0.377 e. The summed E-state index contributed by atoms with van der Waals surface area (Å²) in [6.45, 7) is 5.87. The third-order valence-corrected chi connectivity index (χ3v) is 7.54. The van der Waals surface area contributed by atoms with Crippen molar-refractivity contribution in [1.29, 1.82) is 5.26 Å². The standard InChI is InChI=1S/C34H32F3N7O4/c1-4-27-29(25-7-5-6-8-26(25)40-31(46)22(18-38)17-20(2)3)32(47)44-33(41-30(42-44)21-13-15-48-16-14-21)43(27)19-28(45)39-24-11-9-23(10-12-24)34(35,36)37/h5-13,17,20H,4,14-16,19H2,1-3H3,(H,39,45)(H,40,46)/b22-17+.